The highest BCUT2D eigenvalue weighted by Gasteiger charge is 2.17. The molecule has 0 bridgehead atoms. The van der Waals surface area contributed by atoms with Crippen molar-refractivity contribution in [3.05, 3.63) is 36.0 Å². The molecule has 0 spiro atoms. The first-order valence-electron chi connectivity index (χ1n) is 6.43. The van der Waals surface area contributed by atoms with Crippen molar-refractivity contribution in [2.75, 3.05) is 26.1 Å². The first kappa shape index (κ1) is 15.8. The molecule has 4 N–H and O–H groups in total. The van der Waals surface area contributed by atoms with Crippen LogP contribution in [-0.2, 0) is 0 Å². The molecule has 0 aliphatic heterocycles. The van der Waals surface area contributed by atoms with E-state index in [0.717, 1.165) is 0 Å². The summed E-state index contributed by atoms with van der Waals surface area (Å²) in [5, 5.41) is 11.6. The molecule has 8 nitrogen and oxygen atoms in total. The van der Waals surface area contributed by atoms with Gasteiger partial charge in [0, 0.05) is 23.9 Å². The number of aromatic nitrogens is 1. The third kappa shape index (κ3) is 3.54. The van der Waals surface area contributed by atoms with Gasteiger partial charge in [0.05, 0.1) is 20.8 Å². The van der Waals surface area contributed by atoms with Crippen LogP contribution in [0.25, 0.3) is 0 Å². The van der Waals surface area contributed by atoms with Crippen molar-refractivity contribution in [3.8, 4) is 11.5 Å². The summed E-state index contributed by atoms with van der Waals surface area (Å²) >= 11 is 0. The van der Waals surface area contributed by atoms with Crippen molar-refractivity contribution < 1.29 is 23.8 Å². The molecule has 1 aromatic heterocycles. The second kappa shape index (κ2) is 6.92. The zero-order chi connectivity index (χ0) is 16.1. The number of amides is 1. The van der Waals surface area contributed by atoms with E-state index in [-0.39, 0.29) is 18.2 Å². The highest BCUT2D eigenvalue weighted by atomic mass is 16.5. The molecule has 0 saturated heterocycles. The molecule has 1 unspecified atom stereocenters. The van der Waals surface area contributed by atoms with Gasteiger partial charge in [0.1, 0.15) is 23.8 Å². The first-order chi connectivity index (χ1) is 10.6. The van der Waals surface area contributed by atoms with Crippen LogP contribution in [-0.4, -0.2) is 36.8 Å². The molecule has 1 heterocycles. The van der Waals surface area contributed by atoms with E-state index in [9.17, 15) is 4.79 Å². The van der Waals surface area contributed by atoms with Gasteiger partial charge in [-0.15, -0.1) is 0 Å². The van der Waals surface area contributed by atoms with Crippen molar-refractivity contribution in [1.29, 1.82) is 0 Å². The summed E-state index contributed by atoms with van der Waals surface area (Å²) in [6, 6.07) is 4.20. The van der Waals surface area contributed by atoms with Gasteiger partial charge in [-0.25, -0.2) is 4.98 Å². The van der Waals surface area contributed by atoms with Crippen LogP contribution in [0.5, 0.6) is 11.5 Å². The second-order valence-corrected chi connectivity index (χ2v) is 4.42. The van der Waals surface area contributed by atoms with Crippen LogP contribution in [0, 0.1) is 0 Å². The molecule has 1 aromatic carbocycles. The Morgan fingerprint density at radius 2 is 2.00 bits per heavy atom. The third-order valence-electron chi connectivity index (χ3n) is 2.88. The van der Waals surface area contributed by atoms with Gasteiger partial charge in [0.15, 0.2) is 5.69 Å². The smallest absolute Gasteiger partial charge is 0.277 e. The molecular weight excluding hydrogens is 290 g/mol. The van der Waals surface area contributed by atoms with Gasteiger partial charge in [-0.1, -0.05) is 0 Å². The van der Waals surface area contributed by atoms with E-state index in [1.165, 1.54) is 20.5 Å². The van der Waals surface area contributed by atoms with Gasteiger partial charge >= 0.3 is 0 Å². The van der Waals surface area contributed by atoms with Crippen molar-refractivity contribution in [3.63, 3.8) is 0 Å². The van der Waals surface area contributed by atoms with Crippen LogP contribution in [0.4, 0.5) is 5.69 Å². The number of carbonyl (C=O) groups is 1. The zero-order valence-corrected chi connectivity index (χ0v) is 12.2. The SMILES string of the molecule is COc1cc(NC(=O)c2coc(C(N)CO)n2)cc(OC)c1. The van der Waals surface area contributed by atoms with Crippen LogP contribution in [0.3, 0.4) is 0 Å². The van der Waals surface area contributed by atoms with Gasteiger partial charge < -0.3 is 30.0 Å². The average molecular weight is 307 g/mol. The van der Waals surface area contributed by atoms with E-state index in [1.54, 1.807) is 18.2 Å². The van der Waals surface area contributed by atoms with Crippen LogP contribution in [0.2, 0.25) is 0 Å². The monoisotopic (exact) mass is 307 g/mol. The Balaban J connectivity index is 2.16. The number of nitrogens with two attached hydrogens (primary N) is 1. The summed E-state index contributed by atoms with van der Waals surface area (Å²) in [6.45, 7) is -0.325. The molecule has 0 aliphatic rings. The number of nitrogens with zero attached hydrogens (tertiary/aromatic N) is 1. The number of carbonyl (C=O) groups excluding carboxylic acids is 1. The molecule has 0 radical (unpaired) electrons. The predicted molar refractivity (Wildman–Crippen MR) is 78.0 cm³/mol. The molecule has 22 heavy (non-hydrogen) atoms. The van der Waals surface area contributed by atoms with Crippen LogP contribution >= 0.6 is 0 Å². The van der Waals surface area contributed by atoms with Crippen molar-refractivity contribution in [2.45, 2.75) is 6.04 Å². The Bertz CT molecular complexity index is 633. The quantitative estimate of drug-likeness (QED) is 0.726. The Morgan fingerprint density at radius 3 is 2.55 bits per heavy atom. The number of rotatable bonds is 6. The molecule has 0 saturated carbocycles. The lowest BCUT2D eigenvalue weighted by molar-refractivity contribution is 0.102. The number of hydrogen-bond acceptors (Lipinski definition) is 7. The highest BCUT2D eigenvalue weighted by Crippen LogP contribution is 2.26. The van der Waals surface area contributed by atoms with Gasteiger partial charge in [-0.2, -0.15) is 0 Å². The summed E-state index contributed by atoms with van der Waals surface area (Å²) in [7, 11) is 3.03. The summed E-state index contributed by atoms with van der Waals surface area (Å²) in [6.07, 6.45) is 1.18. The van der Waals surface area contributed by atoms with E-state index < -0.39 is 11.9 Å². The Kier molecular flexibility index (Phi) is 4.97. The number of anilines is 1. The summed E-state index contributed by atoms with van der Waals surface area (Å²) in [5.41, 5.74) is 6.10. The summed E-state index contributed by atoms with van der Waals surface area (Å²) < 4.78 is 15.3. The summed E-state index contributed by atoms with van der Waals surface area (Å²) in [5.74, 6) is 0.696. The lowest BCUT2D eigenvalue weighted by atomic mass is 10.2. The maximum Gasteiger partial charge on any atom is 0.277 e. The lowest BCUT2D eigenvalue weighted by Gasteiger charge is -2.08. The molecule has 1 atom stereocenters. The number of nitrogens with one attached hydrogen (secondary N) is 1. The average Bonchev–Trinajstić information content (AvgIpc) is 3.03. The number of aliphatic hydroxyl groups excluding tert-OH is 1. The van der Waals surface area contributed by atoms with Crippen LogP contribution < -0.4 is 20.5 Å². The standard InChI is InChI=1S/C14H17N3O5/c1-20-9-3-8(4-10(5-9)21-2)16-13(19)12-7-22-14(17-12)11(15)6-18/h3-5,7,11,18H,6,15H2,1-2H3,(H,16,19). The number of methoxy groups -OCH3 is 2. The largest absolute Gasteiger partial charge is 0.497 e. The minimum atomic E-state index is -0.765. The molecule has 8 heteroatoms. The van der Waals surface area contributed by atoms with Crippen molar-refractivity contribution in [2.24, 2.45) is 5.73 Å². The second-order valence-electron chi connectivity index (χ2n) is 4.42. The molecule has 2 aromatic rings. The van der Waals surface area contributed by atoms with Crippen LogP contribution in [0.1, 0.15) is 22.4 Å². The molecule has 2 rings (SSSR count). The predicted octanol–water partition coefficient (Wildman–Crippen LogP) is 0.936. The minimum Gasteiger partial charge on any atom is -0.497 e. The van der Waals surface area contributed by atoms with E-state index in [0.29, 0.717) is 17.2 Å². The fourth-order valence-corrected chi connectivity index (χ4v) is 1.72. The van der Waals surface area contributed by atoms with Gasteiger partial charge in [-0.3, -0.25) is 4.79 Å². The number of oxazole rings is 1. The zero-order valence-electron chi connectivity index (χ0n) is 12.2. The number of aliphatic hydroxyl groups is 1. The molecule has 0 fully saturated rings. The number of benzene rings is 1. The molecular formula is C14H17N3O5. The Labute approximate surface area is 126 Å². The number of hydrogen-bond donors (Lipinski definition) is 3. The van der Waals surface area contributed by atoms with Gasteiger partial charge in [0.25, 0.3) is 5.91 Å². The Morgan fingerprint density at radius 1 is 1.36 bits per heavy atom. The van der Waals surface area contributed by atoms with E-state index in [2.05, 4.69) is 10.3 Å². The Hall–Kier alpha value is -2.58. The van der Waals surface area contributed by atoms with E-state index >= 15 is 0 Å². The lowest BCUT2D eigenvalue weighted by Crippen LogP contribution is -2.16. The van der Waals surface area contributed by atoms with Gasteiger partial charge in [-0.05, 0) is 0 Å². The van der Waals surface area contributed by atoms with Crippen LogP contribution in [0.15, 0.2) is 28.9 Å². The summed E-state index contributed by atoms with van der Waals surface area (Å²) in [4.78, 5) is 16.1. The third-order valence-corrected chi connectivity index (χ3v) is 2.88. The van der Waals surface area contributed by atoms with E-state index in [4.69, 9.17) is 24.7 Å². The maximum absolute atomic E-state index is 12.1. The molecule has 0 aliphatic carbocycles. The first-order valence-corrected chi connectivity index (χ1v) is 6.43. The van der Waals surface area contributed by atoms with Gasteiger partial charge in [0.2, 0.25) is 5.89 Å². The maximum atomic E-state index is 12.1. The normalized spacial score (nSPS) is 11.8. The number of ether oxygens (including phenoxy) is 2. The highest BCUT2D eigenvalue weighted by molar-refractivity contribution is 6.02. The van der Waals surface area contributed by atoms with E-state index in [1.807, 2.05) is 0 Å². The molecule has 118 valence electrons. The fourth-order valence-electron chi connectivity index (χ4n) is 1.72. The topological polar surface area (TPSA) is 120 Å². The van der Waals surface area contributed by atoms with Crippen molar-refractivity contribution >= 4 is 11.6 Å². The van der Waals surface area contributed by atoms with Crippen molar-refractivity contribution in [1.82, 2.24) is 4.98 Å². The molecule has 1 amide bonds. The fraction of sp³-hybridized carbons (Fsp3) is 0.286. The minimum absolute atomic E-state index is 0.0562.